The maximum absolute atomic E-state index is 11.0. The Morgan fingerprint density at radius 3 is 2.79 bits per heavy atom. The van der Waals surface area contributed by atoms with Crippen molar-refractivity contribution in [1.29, 1.82) is 0 Å². The minimum atomic E-state index is -0.626. The van der Waals surface area contributed by atoms with Gasteiger partial charge in [0.05, 0.1) is 5.92 Å². The molecule has 1 N–H and O–H groups in total. The second-order valence-electron chi connectivity index (χ2n) is 4.00. The molecule has 0 amide bonds. The third-order valence-corrected chi connectivity index (χ3v) is 3.75. The van der Waals surface area contributed by atoms with Crippen LogP contribution in [-0.4, -0.2) is 11.1 Å². The maximum atomic E-state index is 11.0. The van der Waals surface area contributed by atoms with Crippen LogP contribution in [0.1, 0.15) is 22.6 Å². The van der Waals surface area contributed by atoms with Crippen molar-refractivity contribution in [2.24, 2.45) is 11.8 Å². The standard InChI is InChI=1S/C11H14O2S/c1-7-2-5-9(14-7)6-10(11(12)13)8-3-4-8/h2,5,8,10H,3-4,6H2,1H3,(H,12,13). The number of hydrogen-bond acceptors (Lipinski definition) is 2. The van der Waals surface area contributed by atoms with Gasteiger partial charge in [-0.1, -0.05) is 0 Å². The number of hydrogen-bond donors (Lipinski definition) is 1. The van der Waals surface area contributed by atoms with Crippen LogP contribution in [0.25, 0.3) is 0 Å². The van der Waals surface area contributed by atoms with Crippen molar-refractivity contribution in [1.82, 2.24) is 0 Å². The van der Waals surface area contributed by atoms with E-state index in [-0.39, 0.29) is 5.92 Å². The summed E-state index contributed by atoms with van der Waals surface area (Å²) in [5.74, 6) is -0.332. The van der Waals surface area contributed by atoms with Gasteiger partial charge >= 0.3 is 5.97 Å². The van der Waals surface area contributed by atoms with E-state index in [1.54, 1.807) is 11.3 Å². The molecule has 1 atom stereocenters. The molecule has 1 saturated carbocycles. The highest BCUT2D eigenvalue weighted by atomic mass is 32.1. The quantitative estimate of drug-likeness (QED) is 0.829. The largest absolute Gasteiger partial charge is 0.481 e. The number of carboxylic acid groups (broad SMARTS) is 1. The van der Waals surface area contributed by atoms with E-state index in [0.717, 1.165) is 19.3 Å². The smallest absolute Gasteiger partial charge is 0.307 e. The van der Waals surface area contributed by atoms with Crippen molar-refractivity contribution < 1.29 is 9.90 Å². The van der Waals surface area contributed by atoms with Gasteiger partial charge in [0.15, 0.2) is 0 Å². The Morgan fingerprint density at radius 1 is 1.64 bits per heavy atom. The molecule has 1 unspecified atom stereocenters. The zero-order valence-corrected chi connectivity index (χ0v) is 9.01. The van der Waals surface area contributed by atoms with Gasteiger partial charge in [-0.2, -0.15) is 0 Å². The molecular formula is C11H14O2S. The van der Waals surface area contributed by atoms with E-state index in [1.807, 2.05) is 0 Å². The van der Waals surface area contributed by atoms with Gasteiger partial charge in [-0.3, -0.25) is 4.79 Å². The Balaban J connectivity index is 2.03. The van der Waals surface area contributed by atoms with Crippen LogP contribution < -0.4 is 0 Å². The fraction of sp³-hybridized carbons (Fsp3) is 0.545. The Labute approximate surface area is 87.6 Å². The number of carbonyl (C=O) groups is 1. The summed E-state index contributed by atoms with van der Waals surface area (Å²) in [6.07, 6.45) is 2.92. The lowest BCUT2D eigenvalue weighted by Gasteiger charge is -2.08. The lowest BCUT2D eigenvalue weighted by Crippen LogP contribution is -2.17. The molecule has 1 fully saturated rings. The molecular weight excluding hydrogens is 196 g/mol. The number of aryl methyl sites for hydroxylation is 1. The lowest BCUT2D eigenvalue weighted by atomic mass is 9.99. The fourth-order valence-electron chi connectivity index (χ4n) is 1.77. The third-order valence-electron chi connectivity index (χ3n) is 2.73. The predicted molar refractivity (Wildman–Crippen MR) is 56.6 cm³/mol. The van der Waals surface area contributed by atoms with Gasteiger partial charge in [0.25, 0.3) is 0 Å². The van der Waals surface area contributed by atoms with E-state index in [4.69, 9.17) is 5.11 Å². The highest BCUT2D eigenvalue weighted by molar-refractivity contribution is 7.11. The zero-order chi connectivity index (χ0) is 10.1. The van der Waals surface area contributed by atoms with E-state index in [9.17, 15) is 4.79 Å². The van der Waals surface area contributed by atoms with Crippen molar-refractivity contribution in [3.63, 3.8) is 0 Å². The molecule has 1 aromatic heterocycles. The van der Waals surface area contributed by atoms with Gasteiger partial charge in [0, 0.05) is 9.75 Å². The molecule has 1 heterocycles. The summed E-state index contributed by atoms with van der Waals surface area (Å²) in [6.45, 7) is 2.06. The van der Waals surface area contributed by atoms with E-state index >= 15 is 0 Å². The molecule has 0 saturated heterocycles. The molecule has 3 heteroatoms. The van der Waals surface area contributed by atoms with Crippen LogP contribution in [0.4, 0.5) is 0 Å². The van der Waals surface area contributed by atoms with Crippen LogP contribution in [0.3, 0.4) is 0 Å². The number of carboxylic acids is 1. The summed E-state index contributed by atoms with van der Waals surface area (Å²) in [5, 5.41) is 9.06. The topological polar surface area (TPSA) is 37.3 Å². The van der Waals surface area contributed by atoms with Crippen molar-refractivity contribution in [2.45, 2.75) is 26.2 Å². The Morgan fingerprint density at radius 2 is 2.36 bits per heavy atom. The summed E-state index contributed by atoms with van der Waals surface area (Å²) in [7, 11) is 0. The van der Waals surface area contributed by atoms with E-state index in [1.165, 1.54) is 9.75 Å². The first-order chi connectivity index (χ1) is 6.66. The third kappa shape index (κ3) is 2.15. The number of aliphatic carboxylic acids is 1. The van der Waals surface area contributed by atoms with Gasteiger partial charge < -0.3 is 5.11 Å². The summed E-state index contributed by atoms with van der Waals surface area (Å²) in [4.78, 5) is 13.5. The van der Waals surface area contributed by atoms with Gasteiger partial charge in [-0.15, -0.1) is 11.3 Å². The minimum absolute atomic E-state index is 0.145. The molecule has 0 radical (unpaired) electrons. The summed E-state index contributed by atoms with van der Waals surface area (Å²) < 4.78 is 0. The molecule has 0 aliphatic heterocycles. The molecule has 0 aromatic carbocycles. The van der Waals surface area contributed by atoms with Gasteiger partial charge in [0.1, 0.15) is 0 Å². The second-order valence-corrected chi connectivity index (χ2v) is 5.37. The maximum Gasteiger partial charge on any atom is 0.307 e. The first-order valence-electron chi connectivity index (χ1n) is 4.95. The molecule has 2 nitrogen and oxygen atoms in total. The Hall–Kier alpha value is -0.830. The molecule has 76 valence electrons. The van der Waals surface area contributed by atoms with Crippen LogP contribution in [0.5, 0.6) is 0 Å². The molecule has 2 rings (SSSR count). The van der Waals surface area contributed by atoms with E-state index in [0.29, 0.717) is 5.92 Å². The fourth-order valence-corrected chi connectivity index (χ4v) is 2.71. The van der Waals surface area contributed by atoms with Crippen molar-refractivity contribution >= 4 is 17.3 Å². The van der Waals surface area contributed by atoms with Crippen LogP contribution in [0.2, 0.25) is 0 Å². The van der Waals surface area contributed by atoms with Gasteiger partial charge in [-0.25, -0.2) is 0 Å². The molecule has 1 aromatic rings. The lowest BCUT2D eigenvalue weighted by molar-refractivity contribution is -0.142. The van der Waals surface area contributed by atoms with Crippen molar-refractivity contribution in [3.8, 4) is 0 Å². The average molecular weight is 210 g/mol. The Bertz CT molecular complexity index is 339. The number of rotatable bonds is 4. The molecule has 14 heavy (non-hydrogen) atoms. The predicted octanol–water partition coefficient (Wildman–Crippen LogP) is 2.71. The first-order valence-corrected chi connectivity index (χ1v) is 5.76. The zero-order valence-electron chi connectivity index (χ0n) is 8.19. The number of thiophene rings is 1. The van der Waals surface area contributed by atoms with Crippen molar-refractivity contribution in [2.75, 3.05) is 0 Å². The highest BCUT2D eigenvalue weighted by Crippen LogP contribution is 2.39. The SMILES string of the molecule is Cc1ccc(CC(C(=O)O)C2CC2)s1. The van der Waals surface area contributed by atoms with E-state index < -0.39 is 5.97 Å². The van der Waals surface area contributed by atoms with E-state index in [2.05, 4.69) is 19.1 Å². The van der Waals surface area contributed by atoms with Crippen LogP contribution in [0.15, 0.2) is 12.1 Å². The highest BCUT2D eigenvalue weighted by Gasteiger charge is 2.36. The second kappa shape index (κ2) is 3.73. The van der Waals surface area contributed by atoms with Gasteiger partial charge in [-0.05, 0) is 44.2 Å². The Kier molecular flexibility index (Phi) is 2.59. The molecule has 1 aliphatic rings. The minimum Gasteiger partial charge on any atom is -0.481 e. The van der Waals surface area contributed by atoms with Crippen LogP contribution >= 0.6 is 11.3 Å². The first kappa shape index (κ1) is 9.71. The van der Waals surface area contributed by atoms with Crippen LogP contribution in [0, 0.1) is 18.8 Å². The monoisotopic (exact) mass is 210 g/mol. The molecule has 0 bridgehead atoms. The average Bonchev–Trinajstić information content (AvgIpc) is 2.86. The van der Waals surface area contributed by atoms with Crippen molar-refractivity contribution in [3.05, 3.63) is 21.9 Å². The van der Waals surface area contributed by atoms with Crippen LogP contribution in [-0.2, 0) is 11.2 Å². The summed E-state index contributed by atoms with van der Waals surface area (Å²) in [6, 6.07) is 4.12. The van der Waals surface area contributed by atoms with Gasteiger partial charge in [0.2, 0.25) is 0 Å². The summed E-state index contributed by atoms with van der Waals surface area (Å²) >= 11 is 1.72. The summed E-state index contributed by atoms with van der Waals surface area (Å²) in [5.41, 5.74) is 0. The normalized spacial score (nSPS) is 18.1. The molecule has 0 spiro atoms. The molecule has 1 aliphatic carbocycles.